The second-order valence-corrected chi connectivity index (χ2v) is 7.49. The Bertz CT molecular complexity index is 777. The number of nitrogens with zero attached hydrogens (tertiary/aromatic N) is 5. The van der Waals surface area contributed by atoms with Crippen molar-refractivity contribution in [3.05, 3.63) is 48.3 Å². The molecule has 1 saturated heterocycles. The minimum absolute atomic E-state index is 0.138. The summed E-state index contributed by atoms with van der Waals surface area (Å²) in [6.45, 7) is 5.80. The number of aryl methyl sites for hydroxylation is 1. The number of imidazole rings is 1. The van der Waals surface area contributed by atoms with E-state index in [1.165, 1.54) is 11.8 Å². The summed E-state index contributed by atoms with van der Waals surface area (Å²) in [5.41, 5.74) is 1.01. The Balaban J connectivity index is 1.50. The first-order valence-electron chi connectivity index (χ1n) is 9.33. The number of hydrogen-bond acceptors (Lipinski definition) is 5. The van der Waals surface area contributed by atoms with Gasteiger partial charge in [-0.3, -0.25) is 9.69 Å². The average Bonchev–Trinajstić information content (AvgIpc) is 3.15. The number of carbonyl (C=O) groups is 1. The largest absolute Gasteiger partial charge is 0.339 e. The Morgan fingerprint density at radius 2 is 2.00 bits per heavy atom. The predicted molar refractivity (Wildman–Crippen MR) is 106 cm³/mol. The molecule has 1 amide bonds. The molecule has 7 heteroatoms. The molecule has 0 N–H and O–H groups in total. The highest BCUT2D eigenvalue weighted by Gasteiger charge is 2.27. The number of aromatic nitrogens is 2. The molecule has 142 valence electrons. The van der Waals surface area contributed by atoms with E-state index in [1.807, 2.05) is 41.4 Å². The fourth-order valence-electron chi connectivity index (χ4n) is 3.30. The molecular formula is C20H25N5OS. The monoisotopic (exact) mass is 383 g/mol. The SMILES string of the molecule is CCCn1ccnc1SCC(=O)N1CCN([C@@H](C#N)c2ccccc2)CC1. The van der Waals surface area contributed by atoms with Crippen molar-refractivity contribution in [2.75, 3.05) is 31.9 Å². The van der Waals surface area contributed by atoms with Gasteiger partial charge < -0.3 is 9.47 Å². The summed E-state index contributed by atoms with van der Waals surface area (Å²) >= 11 is 1.50. The summed E-state index contributed by atoms with van der Waals surface area (Å²) in [6.07, 6.45) is 4.79. The number of amides is 1. The summed E-state index contributed by atoms with van der Waals surface area (Å²) in [4.78, 5) is 21.0. The fourth-order valence-corrected chi connectivity index (χ4v) is 4.18. The van der Waals surface area contributed by atoms with Crippen LogP contribution < -0.4 is 0 Å². The molecule has 0 unspecified atom stereocenters. The minimum atomic E-state index is -0.251. The first-order chi connectivity index (χ1) is 13.2. The highest BCUT2D eigenvalue weighted by Crippen LogP contribution is 2.22. The molecule has 0 bridgehead atoms. The van der Waals surface area contributed by atoms with E-state index in [-0.39, 0.29) is 11.9 Å². The van der Waals surface area contributed by atoms with Gasteiger partial charge in [0.2, 0.25) is 5.91 Å². The Morgan fingerprint density at radius 3 is 2.67 bits per heavy atom. The second kappa shape index (κ2) is 9.58. The van der Waals surface area contributed by atoms with Gasteiger partial charge in [-0.2, -0.15) is 5.26 Å². The number of piperazine rings is 1. The molecule has 0 spiro atoms. The van der Waals surface area contributed by atoms with E-state index in [4.69, 9.17) is 0 Å². The van der Waals surface area contributed by atoms with Crippen LogP contribution in [-0.2, 0) is 11.3 Å². The van der Waals surface area contributed by atoms with Gasteiger partial charge in [0.15, 0.2) is 5.16 Å². The third kappa shape index (κ3) is 4.90. The maximum absolute atomic E-state index is 12.6. The van der Waals surface area contributed by atoms with Crippen LogP contribution in [0.25, 0.3) is 0 Å². The van der Waals surface area contributed by atoms with E-state index in [2.05, 4.69) is 27.4 Å². The van der Waals surface area contributed by atoms with Crippen molar-refractivity contribution < 1.29 is 4.79 Å². The lowest BCUT2D eigenvalue weighted by molar-refractivity contribution is -0.130. The number of thioether (sulfide) groups is 1. The molecule has 2 aromatic rings. The third-order valence-corrected chi connectivity index (χ3v) is 5.73. The zero-order chi connectivity index (χ0) is 19.1. The van der Waals surface area contributed by atoms with Crippen molar-refractivity contribution in [1.29, 1.82) is 5.26 Å². The van der Waals surface area contributed by atoms with Gasteiger partial charge in [-0.05, 0) is 12.0 Å². The van der Waals surface area contributed by atoms with Crippen molar-refractivity contribution >= 4 is 17.7 Å². The van der Waals surface area contributed by atoms with Crippen molar-refractivity contribution in [2.45, 2.75) is 31.1 Å². The summed E-state index contributed by atoms with van der Waals surface area (Å²) in [6, 6.07) is 12.0. The Labute approximate surface area is 164 Å². The molecule has 0 saturated carbocycles. The molecule has 1 aliphatic rings. The molecule has 1 aromatic heterocycles. The van der Waals surface area contributed by atoms with Gasteiger partial charge in [-0.15, -0.1) is 0 Å². The summed E-state index contributed by atoms with van der Waals surface area (Å²) in [5, 5.41) is 10.5. The van der Waals surface area contributed by atoms with Crippen molar-refractivity contribution in [3.8, 4) is 6.07 Å². The standard InChI is InChI=1S/C20H25N5OS/c1-2-9-25-10-8-22-20(25)27-16-19(26)24-13-11-23(12-14-24)18(15-21)17-6-4-3-5-7-17/h3-8,10,18H,2,9,11-14,16H2,1H3/t18-/m0/s1. The molecule has 1 atom stereocenters. The average molecular weight is 384 g/mol. The van der Waals surface area contributed by atoms with E-state index in [9.17, 15) is 10.1 Å². The van der Waals surface area contributed by atoms with E-state index < -0.39 is 0 Å². The normalized spacial score (nSPS) is 16.1. The van der Waals surface area contributed by atoms with Gasteiger partial charge >= 0.3 is 0 Å². The van der Waals surface area contributed by atoms with Gasteiger partial charge in [0, 0.05) is 45.1 Å². The zero-order valence-corrected chi connectivity index (χ0v) is 16.4. The van der Waals surface area contributed by atoms with Crippen molar-refractivity contribution in [2.24, 2.45) is 0 Å². The first-order valence-corrected chi connectivity index (χ1v) is 10.3. The highest BCUT2D eigenvalue weighted by molar-refractivity contribution is 7.99. The topological polar surface area (TPSA) is 65.2 Å². The van der Waals surface area contributed by atoms with Crippen LogP contribution in [0.5, 0.6) is 0 Å². The van der Waals surface area contributed by atoms with Crippen LogP contribution in [0.4, 0.5) is 0 Å². The second-order valence-electron chi connectivity index (χ2n) is 6.55. The highest BCUT2D eigenvalue weighted by atomic mass is 32.2. The molecule has 0 aliphatic carbocycles. The fraction of sp³-hybridized carbons (Fsp3) is 0.450. The van der Waals surface area contributed by atoms with Crippen LogP contribution in [0.2, 0.25) is 0 Å². The molecule has 0 radical (unpaired) electrons. The maximum Gasteiger partial charge on any atom is 0.233 e. The van der Waals surface area contributed by atoms with Crippen LogP contribution in [-0.4, -0.2) is 57.2 Å². The van der Waals surface area contributed by atoms with E-state index in [1.54, 1.807) is 6.20 Å². The van der Waals surface area contributed by atoms with Crippen LogP contribution in [0.15, 0.2) is 47.9 Å². The summed E-state index contributed by atoms with van der Waals surface area (Å²) in [5.74, 6) is 0.542. The van der Waals surface area contributed by atoms with Gasteiger partial charge in [-0.1, -0.05) is 49.0 Å². The van der Waals surface area contributed by atoms with Crippen LogP contribution in [0, 0.1) is 11.3 Å². The lowest BCUT2D eigenvalue weighted by atomic mass is 10.1. The van der Waals surface area contributed by atoms with E-state index in [0.717, 1.165) is 23.7 Å². The Morgan fingerprint density at radius 1 is 1.26 bits per heavy atom. The molecule has 3 rings (SSSR count). The van der Waals surface area contributed by atoms with E-state index in [0.29, 0.717) is 31.9 Å². The molecule has 27 heavy (non-hydrogen) atoms. The molecule has 1 aromatic carbocycles. The number of benzene rings is 1. The lowest BCUT2D eigenvalue weighted by Gasteiger charge is -2.37. The van der Waals surface area contributed by atoms with Crippen molar-refractivity contribution in [3.63, 3.8) is 0 Å². The van der Waals surface area contributed by atoms with Gasteiger partial charge in [-0.25, -0.2) is 4.98 Å². The van der Waals surface area contributed by atoms with Crippen LogP contribution >= 0.6 is 11.8 Å². The molecule has 2 heterocycles. The summed E-state index contributed by atoms with van der Waals surface area (Å²) in [7, 11) is 0. The lowest BCUT2D eigenvalue weighted by Crippen LogP contribution is -2.50. The number of hydrogen-bond donors (Lipinski definition) is 0. The van der Waals surface area contributed by atoms with Gasteiger partial charge in [0.25, 0.3) is 0 Å². The Hall–Kier alpha value is -2.30. The molecule has 1 fully saturated rings. The van der Waals surface area contributed by atoms with Gasteiger partial charge in [0.05, 0.1) is 11.8 Å². The molecular weight excluding hydrogens is 358 g/mol. The van der Waals surface area contributed by atoms with Crippen LogP contribution in [0.3, 0.4) is 0 Å². The molecule has 6 nitrogen and oxygen atoms in total. The quantitative estimate of drug-likeness (QED) is 0.688. The minimum Gasteiger partial charge on any atom is -0.339 e. The third-order valence-electron chi connectivity index (χ3n) is 4.74. The van der Waals surface area contributed by atoms with Gasteiger partial charge in [0.1, 0.15) is 6.04 Å². The summed E-state index contributed by atoms with van der Waals surface area (Å²) < 4.78 is 2.09. The van der Waals surface area contributed by atoms with E-state index >= 15 is 0 Å². The Kier molecular flexibility index (Phi) is 6.91. The smallest absolute Gasteiger partial charge is 0.233 e. The predicted octanol–water partition coefficient (Wildman–Crippen LogP) is 2.79. The number of carbonyl (C=O) groups excluding carboxylic acids is 1. The van der Waals surface area contributed by atoms with Crippen molar-refractivity contribution in [1.82, 2.24) is 19.4 Å². The number of nitriles is 1. The van der Waals surface area contributed by atoms with Crippen LogP contribution in [0.1, 0.15) is 24.9 Å². The first kappa shape index (κ1) is 19.5. The number of rotatable bonds is 7. The molecule has 1 aliphatic heterocycles. The zero-order valence-electron chi connectivity index (χ0n) is 15.6. The maximum atomic E-state index is 12.6.